The van der Waals surface area contributed by atoms with E-state index in [1.807, 2.05) is 11.9 Å². The van der Waals surface area contributed by atoms with E-state index in [1.54, 1.807) is 6.92 Å². The third-order valence-electron chi connectivity index (χ3n) is 11.5. The van der Waals surface area contributed by atoms with Crippen molar-refractivity contribution >= 4 is 27.5 Å². The summed E-state index contributed by atoms with van der Waals surface area (Å²) in [5.74, 6) is -1.19. The molecule has 50 heavy (non-hydrogen) atoms. The zero-order valence-electron chi connectivity index (χ0n) is 27.9. The lowest BCUT2D eigenvalue weighted by atomic mass is 9.73. The smallest absolute Gasteiger partial charge is 0.319 e. The SMILES string of the molecule is C#Cc1c(F)ccc2cc(O)cc(-c3c(F)c4c5c(nc(OC[C@]6(C)CN(C)CC[C@@H]6C(F)F)nc5c3F)N3C[C@H]5CC[C@H](N5)[C@H]3CCC4)c12. The molecular weight excluding hydrogens is 653 g/mol. The monoisotopic (exact) mass is 691 g/mol. The molecule has 12 heteroatoms. The first kappa shape index (κ1) is 33.0. The number of aromatic hydroxyl groups is 1. The Kier molecular flexibility index (Phi) is 8.07. The Morgan fingerprint density at radius 1 is 1.10 bits per heavy atom. The molecule has 2 bridgehead atoms. The summed E-state index contributed by atoms with van der Waals surface area (Å²) in [4.78, 5) is 13.5. The number of nitrogens with zero attached hydrogens (tertiary/aromatic N) is 4. The normalized spacial score (nSPS) is 26.6. The number of alkyl halides is 2. The van der Waals surface area contributed by atoms with Crippen molar-refractivity contribution in [3.63, 3.8) is 0 Å². The highest BCUT2D eigenvalue weighted by Crippen LogP contribution is 2.46. The van der Waals surface area contributed by atoms with Gasteiger partial charge in [-0.1, -0.05) is 18.9 Å². The summed E-state index contributed by atoms with van der Waals surface area (Å²) in [7, 11) is 1.87. The number of hydrogen-bond acceptors (Lipinski definition) is 7. The third kappa shape index (κ3) is 5.23. The Balaban J connectivity index is 1.36. The summed E-state index contributed by atoms with van der Waals surface area (Å²) in [6.45, 7) is 3.07. The van der Waals surface area contributed by atoms with E-state index in [0.717, 1.165) is 25.3 Å². The van der Waals surface area contributed by atoms with Gasteiger partial charge in [0.25, 0.3) is 0 Å². The van der Waals surface area contributed by atoms with Crippen LogP contribution in [-0.4, -0.2) is 77.8 Å². The number of nitrogens with one attached hydrogen (secondary N) is 1. The Labute approximate surface area is 286 Å². The number of hydrogen-bond donors (Lipinski definition) is 2. The number of piperidine rings is 1. The number of aryl methyl sites for hydroxylation is 1. The third-order valence-corrected chi connectivity index (χ3v) is 11.5. The van der Waals surface area contributed by atoms with Gasteiger partial charge in [0.1, 0.15) is 28.7 Å². The molecule has 4 aliphatic heterocycles. The lowest BCUT2D eigenvalue weighted by Gasteiger charge is -2.44. The number of likely N-dealkylation sites (tertiary alicyclic amines) is 1. The summed E-state index contributed by atoms with van der Waals surface area (Å²) in [5.41, 5.74) is -1.74. The van der Waals surface area contributed by atoms with Gasteiger partial charge in [0.15, 0.2) is 5.82 Å². The van der Waals surface area contributed by atoms with Gasteiger partial charge in [-0.25, -0.2) is 22.0 Å². The number of piperazine rings is 1. The Bertz CT molecular complexity index is 2070. The number of phenols is 1. The summed E-state index contributed by atoms with van der Waals surface area (Å²) in [5, 5.41) is 15.0. The largest absolute Gasteiger partial charge is 0.508 e. The zero-order valence-corrected chi connectivity index (χ0v) is 27.9. The summed E-state index contributed by atoms with van der Waals surface area (Å²) >= 11 is 0. The molecule has 1 aromatic heterocycles. The van der Waals surface area contributed by atoms with Crippen LogP contribution in [0.15, 0.2) is 24.3 Å². The summed E-state index contributed by atoms with van der Waals surface area (Å²) in [6, 6.07) is 5.25. The van der Waals surface area contributed by atoms with Crippen LogP contribution in [0.2, 0.25) is 0 Å². The second-order valence-corrected chi connectivity index (χ2v) is 14.8. The number of anilines is 1. The van der Waals surface area contributed by atoms with Crippen LogP contribution >= 0.6 is 0 Å². The van der Waals surface area contributed by atoms with Crippen LogP contribution in [0.4, 0.5) is 27.8 Å². The lowest BCUT2D eigenvalue weighted by molar-refractivity contribution is -0.0679. The quantitative estimate of drug-likeness (QED) is 0.176. The van der Waals surface area contributed by atoms with Crippen molar-refractivity contribution < 1.29 is 31.8 Å². The van der Waals surface area contributed by atoms with Crippen LogP contribution in [0, 0.1) is 41.1 Å². The van der Waals surface area contributed by atoms with Crippen LogP contribution in [-0.2, 0) is 6.42 Å². The maximum Gasteiger partial charge on any atom is 0.319 e. The molecule has 3 aromatic carbocycles. The van der Waals surface area contributed by atoms with Crippen molar-refractivity contribution in [3.8, 4) is 35.2 Å². The van der Waals surface area contributed by atoms with Gasteiger partial charge >= 0.3 is 6.01 Å². The van der Waals surface area contributed by atoms with Gasteiger partial charge in [0.2, 0.25) is 6.43 Å². The van der Waals surface area contributed by atoms with Crippen LogP contribution in [0.1, 0.15) is 50.2 Å². The molecule has 0 spiro atoms. The van der Waals surface area contributed by atoms with Crippen molar-refractivity contribution in [2.75, 3.05) is 38.2 Å². The Hall–Kier alpha value is -4.21. The predicted molar refractivity (Wildman–Crippen MR) is 181 cm³/mol. The minimum Gasteiger partial charge on any atom is -0.508 e. The highest BCUT2D eigenvalue weighted by Gasteiger charge is 2.46. The first-order valence-corrected chi connectivity index (χ1v) is 17.2. The van der Waals surface area contributed by atoms with Crippen LogP contribution in [0.5, 0.6) is 11.8 Å². The fraction of sp³-hybridized carbons (Fsp3) is 0.474. The molecule has 3 saturated heterocycles. The lowest BCUT2D eigenvalue weighted by Crippen LogP contribution is -2.58. The minimum absolute atomic E-state index is 0.0163. The highest BCUT2D eigenvalue weighted by molar-refractivity contribution is 6.05. The first-order chi connectivity index (χ1) is 24.0. The van der Waals surface area contributed by atoms with Crippen molar-refractivity contribution in [2.24, 2.45) is 11.3 Å². The van der Waals surface area contributed by atoms with E-state index in [2.05, 4.69) is 21.1 Å². The summed E-state index contributed by atoms with van der Waals surface area (Å²) < 4.78 is 84.1. The van der Waals surface area contributed by atoms with Gasteiger partial charge < -0.3 is 25.0 Å². The number of benzene rings is 3. The Morgan fingerprint density at radius 3 is 2.70 bits per heavy atom. The molecule has 0 saturated carbocycles. The molecule has 2 N–H and O–H groups in total. The van der Waals surface area contributed by atoms with Gasteiger partial charge in [-0.05, 0) is 75.7 Å². The molecular formula is C38H38F5N5O2. The molecule has 4 aliphatic rings. The molecule has 0 unspecified atom stereocenters. The van der Waals surface area contributed by atoms with Gasteiger partial charge in [-0.2, -0.15) is 9.97 Å². The second kappa shape index (κ2) is 12.2. The predicted octanol–water partition coefficient (Wildman–Crippen LogP) is 6.80. The van der Waals surface area contributed by atoms with E-state index >= 15 is 13.2 Å². The summed E-state index contributed by atoms with van der Waals surface area (Å²) in [6.07, 6.45) is 6.95. The molecule has 5 heterocycles. The maximum atomic E-state index is 17.3. The molecule has 0 amide bonds. The fourth-order valence-corrected chi connectivity index (χ4v) is 9.16. The molecule has 4 aromatic rings. The standard InChI is InChI=1S/C38H38F5N5O2/c1-4-22-26(39)10-8-19-14-21(49)15-24(29(19)22)30-32(40)23-6-5-7-28-27-11-9-20(44-27)16-48(28)36-31(23)34(33(30)41)45-37(46-36)50-18-38(2)17-47(3)13-12-25(38)35(42)43/h1,8,10,14-15,20,25,27-28,35,44,49H,5-7,9,11-13,16-18H2,2-3H3/t20-,25-,27+,28-,38+/m1/s1. The number of fused-ring (bicyclic) bond motifs is 6. The molecule has 7 nitrogen and oxygen atoms in total. The molecule has 262 valence electrons. The average Bonchev–Trinajstić information content (AvgIpc) is 3.46. The van der Waals surface area contributed by atoms with E-state index in [4.69, 9.17) is 16.1 Å². The number of terminal acetylenes is 1. The molecule has 5 atom stereocenters. The van der Waals surface area contributed by atoms with Crippen LogP contribution in [0.25, 0.3) is 32.8 Å². The number of rotatable bonds is 5. The second-order valence-electron chi connectivity index (χ2n) is 14.8. The topological polar surface area (TPSA) is 73.8 Å². The van der Waals surface area contributed by atoms with E-state index in [0.29, 0.717) is 43.7 Å². The molecule has 3 fully saturated rings. The van der Waals surface area contributed by atoms with Crippen LogP contribution < -0.4 is 15.0 Å². The van der Waals surface area contributed by atoms with Crippen molar-refractivity contribution in [1.29, 1.82) is 0 Å². The minimum atomic E-state index is -2.55. The van der Waals surface area contributed by atoms with Crippen molar-refractivity contribution in [1.82, 2.24) is 20.2 Å². The van der Waals surface area contributed by atoms with Crippen molar-refractivity contribution in [2.45, 2.75) is 70.0 Å². The highest BCUT2D eigenvalue weighted by atomic mass is 19.3. The van der Waals surface area contributed by atoms with Gasteiger partial charge in [-0.15, -0.1) is 6.42 Å². The average molecular weight is 692 g/mol. The van der Waals surface area contributed by atoms with E-state index in [1.165, 1.54) is 18.2 Å². The molecule has 8 rings (SSSR count). The van der Waals surface area contributed by atoms with Gasteiger partial charge in [0, 0.05) is 59.1 Å². The molecule has 0 radical (unpaired) electrons. The number of aromatic nitrogens is 2. The van der Waals surface area contributed by atoms with Gasteiger partial charge in [0.05, 0.1) is 23.1 Å². The van der Waals surface area contributed by atoms with Crippen molar-refractivity contribution in [3.05, 3.63) is 52.8 Å². The number of phenolic OH excluding ortho intramolecular Hbond substituents is 1. The van der Waals surface area contributed by atoms with Crippen LogP contribution in [0.3, 0.4) is 0 Å². The number of halogens is 5. The zero-order chi connectivity index (χ0) is 35.1. The van der Waals surface area contributed by atoms with E-state index < -0.39 is 40.8 Å². The van der Waals surface area contributed by atoms with Gasteiger partial charge in [-0.3, -0.25) is 0 Å². The maximum absolute atomic E-state index is 17.3. The first-order valence-electron chi connectivity index (χ1n) is 17.2. The van der Waals surface area contributed by atoms with E-state index in [9.17, 15) is 13.9 Å². The Morgan fingerprint density at radius 2 is 1.92 bits per heavy atom. The number of ether oxygens (including phenoxy) is 1. The molecule has 0 aliphatic carbocycles. The van der Waals surface area contributed by atoms with E-state index in [-0.39, 0.29) is 75.9 Å². The fourth-order valence-electron chi connectivity index (χ4n) is 9.16.